The average molecular weight is 292 g/mol. The fraction of sp³-hybridized carbons (Fsp3) is 0.133. The summed E-state index contributed by atoms with van der Waals surface area (Å²) in [5, 5.41) is 3.56. The van der Waals surface area contributed by atoms with E-state index in [0.29, 0.717) is 0 Å². The summed E-state index contributed by atoms with van der Waals surface area (Å²) in [4.78, 5) is 13.3. The lowest BCUT2D eigenvalue weighted by Crippen LogP contribution is -2.06. The Bertz CT molecular complexity index is 596. The van der Waals surface area contributed by atoms with Gasteiger partial charge in [-0.2, -0.15) is 0 Å². The number of benzene rings is 2. The summed E-state index contributed by atoms with van der Waals surface area (Å²) in [5.74, 6) is -0.0678. The minimum absolute atomic E-state index is 0.0678. The Morgan fingerprint density at radius 3 is 2.47 bits per heavy atom. The van der Waals surface area contributed by atoms with Gasteiger partial charge < -0.3 is 5.32 Å². The lowest BCUT2D eigenvalue weighted by Gasteiger charge is -2.10. The maximum absolute atomic E-state index is 11.2. The number of anilines is 1. The quantitative estimate of drug-likeness (QED) is 0.883. The number of nitrogens with one attached hydrogen (secondary N) is 1. The SMILES string of the molecule is CC(=O)Nc1ccc(C)cc1Sc1ccc(Cl)cc1. The summed E-state index contributed by atoms with van der Waals surface area (Å²) in [5.41, 5.74) is 1.99. The molecule has 2 aromatic carbocycles. The number of rotatable bonds is 3. The van der Waals surface area contributed by atoms with E-state index in [1.54, 1.807) is 11.8 Å². The van der Waals surface area contributed by atoms with E-state index in [4.69, 9.17) is 11.6 Å². The van der Waals surface area contributed by atoms with Crippen LogP contribution in [0.2, 0.25) is 5.02 Å². The molecule has 0 fully saturated rings. The fourth-order valence-corrected chi connectivity index (χ4v) is 2.76. The van der Waals surface area contributed by atoms with Crippen molar-refractivity contribution in [3.8, 4) is 0 Å². The Balaban J connectivity index is 2.29. The van der Waals surface area contributed by atoms with Gasteiger partial charge in [0.1, 0.15) is 0 Å². The molecule has 98 valence electrons. The zero-order valence-electron chi connectivity index (χ0n) is 10.7. The molecule has 0 aliphatic heterocycles. The fourth-order valence-electron chi connectivity index (χ4n) is 1.64. The zero-order chi connectivity index (χ0) is 13.8. The standard InChI is InChI=1S/C15H14ClNOS/c1-10-3-8-14(17-11(2)18)15(9-10)19-13-6-4-12(16)5-7-13/h3-9H,1-2H3,(H,17,18). The molecule has 0 aliphatic carbocycles. The van der Waals surface area contributed by atoms with Crippen molar-refractivity contribution in [2.75, 3.05) is 5.32 Å². The van der Waals surface area contributed by atoms with Gasteiger partial charge in [0.15, 0.2) is 0 Å². The van der Waals surface area contributed by atoms with Crippen LogP contribution in [0.15, 0.2) is 52.3 Å². The number of halogens is 1. The number of hydrogen-bond acceptors (Lipinski definition) is 2. The Morgan fingerprint density at radius 1 is 1.16 bits per heavy atom. The van der Waals surface area contributed by atoms with Gasteiger partial charge in [-0.1, -0.05) is 29.4 Å². The van der Waals surface area contributed by atoms with Crippen molar-refractivity contribution in [1.82, 2.24) is 0 Å². The molecule has 0 atom stereocenters. The van der Waals surface area contributed by atoms with Gasteiger partial charge in [-0.05, 0) is 48.9 Å². The summed E-state index contributed by atoms with van der Waals surface area (Å²) in [7, 11) is 0. The highest BCUT2D eigenvalue weighted by molar-refractivity contribution is 7.99. The van der Waals surface area contributed by atoms with Crippen molar-refractivity contribution in [2.24, 2.45) is 0 Å². The molecule has 0 spiro atoms. The predicted molar refractivity (Wildman–Crippen MR) is 81.1 cm³/mol. The van der Waals surface area contributed by atoms with Gasteiger partial charge in [-0.15, -0.1) is 0 Å². The van der Waals surface area contributed by atoms with Crippen LogP contribution in [0, 0.1) is 6.92 Å². The van der Waals surface area contributed by atoms with E-state index in [9.17, 15) is 4.79 Å². The third-order valence-electron chi connectivity index (χ3n) is 2.49. The molecule has 0 heterocycles. The molecule has 0 saturated heterocycles. The maximum atomic E-state index is 11.2. The van der Waals surface area contributed by atoms with Gasteiger partial charge >= 0.3 is 0 Å². The molecule has 0 unspecified atom stereocenters. The van der Waals surface area contributed by atoms with Crippen molar-refractivity contribution in [2.45, 2.75) is 23.6 Å². The Hall–Kier alpha value is -1.45. The molecular formula is C15H14ClNOS. The second kappa shape index (κ2) is 6.13. The van der Waals surface area contributed by atoms with Crippen molar-refractivity contribution >= 4 is 35.0 Å². The van der Waals surface area contributed by atoms with E-state index in [1.807, 2.05) is 43.3 Å². The van der Waals surface area contributed by atoms with Crippen LogP contribution in [-0.4, -0.2) is 5.91 Å². The van der Waals surface area contributed by atoms with Gasteiger partial charge in [0.05, 0.1) is 5.69 Å². The van der Waals surface area contributed by atoms with Crippen LogP contribution < -0.4 is 5.32 Å². The van der Waals surface area contributed by atoms with E-state index in [2.05, 4.69) is 11.4 Å². The first-order valence-corrected chi connectivity index (χ1v) is 7.06. The van der Waals surface area contributed by atoms with E-state index in [0.717, 1.165) is 26.1 Å². The topological polar surface area (TPSA) is 29.1 Å². The highest BCUT2D eigenvalue weighted by atomic mass is 35.5. The van der Waals surface area contributed by atoms with Gasteiger partial charge in [0.25, 0.3) is 0 Å². The largest absolute Gasteiger partial charge is 0.325 e. The third-order valence-corrected chi connectivity index (χ3v) is 3.81. The molecule has 0 saturated carbocycles. The normalized spacial score (nSPS) is 10.3. The van der Waals surface area contributed by atoms with E-state index < -0.39 is 0 Å². The number of carbonyl (C=O) groups excluding carboxylic acids is 1. The van der Waals surface area contributed by atoms with Crippen molar-refractivity contribution in [3.63, 3.8) is 0 Å². The van der Waals surface area contributed by atoms with Crippen molar-refractivity contribution < 1.29 is 4.79 Å². The van der Waals surface area contributed by atoms with E-state index in [1.165, 1.54) is 6.92 Å². The average Bonchev–Trinajstić information content (AvgIpc) is 2.35. The summed E-state index contributed by atoms with van der Waals surface area (Å²) >= 11 is 7.48. The molecule has 2 rings (SSSR count). The molecule has 19 heavy (non-hydrogen) atoms. The number of amides is 1. The summed E-state index contributed by atoms with van der Waals surface area (Å²) in [6, 6.07) is 13.6. The molecule has 4 heteroatoms. The molecule has 0 aliphatic rings. The number of carbonyl (C=O) groups is 1. The first kappa shape index (κ1) is 14.0. The van der Waals surface area contributed by atoms with Crippen molar-refractivity contribution in [1.29, 1.82) is 0 Å². The van der Waals surface area contributed by atoms with Gasteiger partial charge in [0, 0.05) is 21.7 Å². The van der Waals surface area contributed by atoms with E-state index >= 15 is 0 Å². The molecule has 0 radical (unpaired) electrons. The van der Waals surface area contributed by atoms with Crippen LogP contribution >= 0.6 is 23.4 Å². The Kier molecular flexibility index (Phi) is 4.51. The van der Waals surface area contributed by atoms with Gasteiger partial charge in [-0.3, -0.25) is 4.79 Å². The minimum Gasteiger partial charge on any atom is -0.325 e. The maximum Gasteiger partial charge on any atom is 0.221 e. The van der Waals surface area contributed by atoms with Crippen LogP contribution in [0.5, 0.6) is 0 Å². The van der Waals surface area contributed by atoms with Crippen LogP contribution in [-0.2, 0) is 4.79 Å². The first-order chi connectivity index (χ1) is 9.04. The molecule has 2 aromatic rings. The monoisotopic (exact) mass is 291 g/mol. The molecule has 0 aromatic heterocycles. The highest BCUT2D eigenvalue weighted by Crippen LogP contribution is 2.34. The van der Waals surface area contributed by atoms with E-state index in [-0.39, 0.29) is 5.91 Å². The molecule has 1 amide bonds. The molecule has 0 bridgehead atoms. The van der Waals surface area contributed by atoms with Crippen molar-refractivity contribution in [3.05, 3.63) is 53.1 Å². The minimum atomic E-state index is -0.0678. The number of hydrogen-bond donors (Lipinski definition) is 1. The highest BCUT2D eigenvalue weighted by Gasteiger charge is 2.06. The Labute approximate surface area is 122 Å². The number of aryl methyl sites for hydroxylation is 1. The predicted octanol–water partition coefficient (Wildman–Crippen LogP) is 4.76. The van der Waals surface area contributed by atoms with Crippen LogP contribution in [0.25, 0.3) is 0 Å². The van der Waals surface area contributed by atoms with Crippen LogP contribution in [0.3, 0.4) is 0 Å². The smallest absolute Gasteiger partial charge is 0.221 e. The molecule has 2 nitrogen and oxygen atoms in total. The molecule has 1 N–H and O–H groups in total. The van der Waals surface area contributed by atoms with Gasteiger partial charge in [-0.25, -0.2) is 0 Å². The van der Waals surface area contributed by atoms with Crippen LogP contribution in [0.4, 0.5) is 5.69 Å². The Morgan fingerprint density at radius 2 is 1.84 bits per heavy atom. The third kappa shape index (κ3) is 4.01. The lowest BCUT2D eigenvalue weighted by molar-refractivity contribution is -0.114. The zero-order valence-corrected chi connectivity index (χ0v) is 12.3. The lowest BCUT2D eigenvalue weighted by atomic mass is 10.2. The second-order valence-corrected chi connectivity index (χ2v) is 5.79. The second-order valence-electron chi connectivity index (χ2n) is 4.24. The molecular weight excluding hydrogens is 278 g/mol. The van der Waals surface area contributed by atoms with Crippen LogP contribution in [0.1, 0.15) is 12.5 Å². The summed E-state index contributed by atoms with van der Waals surface area (Å²) in [6.07, 6.45) is 0. The summed E-state index contributed by atoms with van der Waals surface area (Å²) in [6.45, 7) is 3.54. The summed E-state index contributed by atoms with van der Waals surface area (Å²) < 4.78 is 0. The van der Waals surface area contributed by atoms with Gasteiger partial charge in [0.2, 0.25) is 5.91 Å². The first-order valence-electron chi connectivity index (χ1n) is 5.86.